The minimum absolute atomic E-state index is 0.0246. The second-order valence-electron chi connectivity index (χ2n) is 5.13. The van der Waals surface area contributed by atoms with Gasteiger partial charge in [-0.2, -0.15) is 0 Å². The molecule has 0 spiro atoms. The van der Waals surface area contributed by atoms with Gasteiger partial charge in [0.15, 0.2) is 24.9 Å². The van der Waals surface area contributed by atoms with Gasteiger partial charge in [0.2, 0.25) is 0 Å². The van der Waals surface area contributed by atoms with Crippen LogP contribution in [0, 0.1) is 0 Å². The zero-order valence-corrected chi connectivity index (χ0v) is 12.8. The highest BCUT2D eigenvalue weighted by Crippen LogP contribution is 2.24. The Bertz CT molecular complexity index is 721. The molecule has 0 aromatic heterocycles. The largest absolute Gasteiger partial charge is 0.480 e. The van der Waals surface area contributed by atoms with Crippen molar-refractivity contribution in [1.82, 2.24) is 0 Å². The van der Waals surface area contributed by atoms with Gasteiger partial charge in [-0.3, -0.25) is 4.79 Å². The second-order valence-corrected chi connectivity index (χ2v) is 9.77. The van der Waals surface area contributed by atoms with Gasteiger partial charge in [-0.15, -0.1) is 0 Å². The predicted molar refractivity (Wildman–Crippen MR) is 77.5 cm³/mol. The van der Waals surface area contributed by atoms with Gasteiger partial charge in [-0.25, -0.2) is 16.8 Å². The van der Waals surface area contributed by atoms with E-state index < -0.39 is 41.9 Å². The van der Waals surface area contributed by atoms with Crippen molar-refractivity contribution in [3.05, 3.63) is 35.9 Å². The summed E-state index contributed by atoms with van der Waals surface area (Å²) in [6.07, 6.45) is -0.182. The first kappa shape index (κ1) is 16.0. The van der Waals surface area contributed by atoms with E-state index in [1.54, 1.807) is 30.3 Å². The highest BCUT2D eigenvalue weighted by Gasteiger charge is 2.44. The summed E-state index contributed by atoms with van der Waals surface area (Å²) in [5.74, 6) is -2.12. The van der Waals surface area contributed by atoms with Crippen molar-refractivity contribution in [2.75, 3.05) is 11.5 Å². The van der Waals surface area contributed by atoms with Gasteiger partial charge in [0.05, 0.1) is 16.8 Å². The molecule has 0 bridgehead atoms. The Kier molecular flexibility index (Phi) is 4.38. The van der Waals surface area contributed by atoms with E-state index in [-0.39, 0.29) is 18.6 Å². The number of sulfone groups is 2. The molecule has 1 fully saturated rings. The molecule has 116 valence electrons. The van der Waals surface area contributed by atoms with Gasteiger partial charge in [0.1, 0.15) is 0 Å². The maximum atomic E-state index is 12.4. The summed E-state index contributed by atoms with van der Waals surface area (Å²) < 4.78 is 47.7. The topological polar surface area (TPSA) is 106 Å². The van der Waals surface area contributed by atoms with Crippen LogP contribution < -0.4 is 0 Å². The zero-order chi connectivity index (χ0) is 15.7. The van der Waals surface area contributed by atoms with E-state index in [0.717, 1.165) is 0 Å². The molecule has 1 heterocycles. The Morgan fingerprint density at radius 2 is 1.90 bits per heavy atom. The van der Waals surface area contributed by atoms with E-state index in [1.807, 2.05) is 0 Å². The normalized spacial score (nSPS) is 22.8. The number of benzene rings is 1. The molecule has 1 aliphatic heterocycles. The van der Waals surface area contributed by atoms with E-state index in [1.165, 1.54) is 0 Å². The van der Waals surface area contributed by atoms with E-state index in [2.05, 4.69) is 0 Å². The minimum Gasteiger partial charge on any atom is -0.480 e. The van der Waals surface area contributed by atoms with E-state index in [9.17, 15) is 26.7 Å². The molecule has 1 N–H and O–H groups in total. The van der Waals surface area contributed by atoms with Crippen molar-refractivity contribution in [3.8, 4) is 0 Å². The van der Waals surface area contributed by atoms with Crippen LogP contribution in [0.3, 0.4) is 0 Å². The van der Waals surface area contributed by atoms with Crippen molar-refractivity contribution in [3.63, 3.8) is 0 Å². The molecule has 1 saturated heterocycles. The number of aliphatic carboxylic acids is 1. The Balaban J connectivity index is 2.28. The first-order valence-corrected chi connectivity index (χ1v) is 9.85. The molecule has 21 heavy (non-hydrogen) atoms. The minimum atomic E-state index is -4.05. The van der Waals surface area contributed by atoms with Gasteiger partial charge in [-0.05, 0) is 18.4 Å². The summed E-state index contributed by atoms with van der Waals surface area (Å²) in [5, 5.41) is 6.50. The quantitative estimate of drug-likeness (QED) is 0.830. The number of carboxylic acid groups (broad SMARTS) is 1. The maximum Gasteiger partial charge on any atom is 0.322 e. The Morgan fingerprint density at radius 3 is 2.38 bits per heavy atom. The number of rotatable bonds is 5. The lowest BCUT2D eigenvalue weighted by atomic mass is 10.1. The van der Waals surface area contributed by atoms with Crippen molar-refractivity contribution in [2.45, 2.75) is 23.3 Å². The molecule has 2 rings (SSSR count). The third-order valence-electron chi connectivity index (χ3n) is 3.59. The number of hydrogen-bond acceptors (Lipinski definition) is 5. The lowest BCUT2D eigenvalue weighted by Gasteiger charge is -2.17. The predicted octanol–water partition coefficient (Wildman–Crippen LogP) is 0.284. The fraction of sp³-hybridized carbons (Fsp3) is 0.462. The van der Waals surface area contributed by atoms with Gasteiger partial charge >= 0.3 is 5.97 Å². The smallest absolute Gasteiger partial charge is 0.322 e. The van der Waals surface area contributed by atoms with Crippen molar-refractivity contribution in [2.24, 2.45) is 0 Å². The lowest BCUT2D eigenvalue weighted by Crippen LogP contribution is -2.39. The molecule has 1 aromatic carbocycles. The molecular formula is C13H16O6S2. The summed E-state index contributed by atoms with van der Waals surface area (Å²) >= 11 is 0. The van der Waals surface area contributed by atoms with Crippen LogP contribution in [0.2, 0.25) is 0 Å². The summed E-state index contributed by atoms with van der Waals surface area (Å²) in [4.78, 5) is 11.3. The highest BCUT2D eigenvalue weighted by atomic mass is 32.2. The average Bonchev–Trinajstić information content (AvgIpc) is 2.78. The summed E-state index contributed by atoms with van der Waals surface area (Å²) in [6.45, 7) is 0. The van der Waals surface area contributed by atoms with Crippen LogP contribution in [0.25, 0.3) is 0 Å². The second kappa shape index (κ2) is 5.76. The number of carboxylic acids is 1. The first-order valence-electron chi connectivity index (χ1n) is 6.42. The molecule has 0 radical (unpaired) electrons. The molecule has 2 atom stereocenters. The Hall–Kier alpha value is -1.41. The van der Waals surface area contributed by atoms with Crippen LogP contribution in [0.4, 0.5) is 0 Å². The standard InChI is InChI=1S/C13H16O6S2/c14-13(15)12(8-10-4-2-1-3-5-10)21(18,19)11-6-7-20(16,17)9-11/h1-5,11-12H,6-9H2,(H,14,15). The van der Waals surface area contributed by atoms with Gasteiger partial charge in [-0.1, -0.05) is 30.3 Å². The van der Waals surface area contributed by atoms with Crippen LogP contribution in [0.5, 0.6) is 0 Å². The molecule has 1 aromatic rings. The van der Waals surface area contributed by atoms with Crippen molar-refractivity contribution >= 4 is 25.6 Å². The summed E-state index contributed by atoms with van der Waals surface area (Å²) in [7, 11) is -7.43. The first-order chi connectivity index (χ1) is 9.72. The molecular weight excluding hydrogens is 316 g/mol. The fourth-order valence-electron chi connectivity index (χ4n) is 2.42. The molecule has 0 saturated carbocycles. The van der Waals surface area contributed by atoms with Gasteiger partial charge < -0.3 is 5.11 Å². The third kappa shape index (κ3) is 3.62. The van der Waals surface area contributed by atoms with E-state index >= 15 is 0 Å². The van der Waals surface area contributed by atoms with Crippen LogP contribution in [0.1, 0.15) is 12.0 Å². The van der Waals surface area contributed by atoms with Crippen molar-refractivity contribution in [1.29, 1.82) is 0 Å². The Morgan fingerprint density at radius 1 is 1.29 bits per heavy atom. The molecule has 1 aliphatic rings. The lowest BCUT2D eigenvalue weighted by molar-refractivity contribution is -0.136. The van der Waals surface area contributed by atoms with Crippen LogP contribution in [0.15, 0.2) is 30.3 Å². The molecule has 6 nitrogen and oxygen atoms in total. The maximum absolute atomic E-state index is 12.4. The fourth-order valence-corrected chi connectivity index (χ4v) is 7.11. The highest BCUT2D eigenvalue weighted by molar-refractivity contribution is 7.97. The van der Waals surface area contributed by atoms with Crippen LogP contribution in [-0.4, -0.2) is 49.9 Å². The SMILES string of the molecule is O=C(O)C(Cc1ccccc1)S(=O)(=O)C1CCS(=O)(=O)C1. The van der Waals surface area contributed by atoms with E-state index in [0.29, 0.717) is 5.56 Å². The monoisotopic (exact) mass is 332 g/mol. The van der Waals surface area contributed by atoms with Crippen LogP contribution >= 0.6 is 0 Å². The molecule has 8 heteroatoms. The third-order valence-corrected chi connectivity index (χ3v) is 8.06. The van der Waals surface area contributed by atoms with Gasteiger partial charge in [0.25, 0.3) is 0 Å². The molecule has 0 amide bonds. The van der Waals surface area contributed by atoms with E-state index in [4.69, 9.17) is 0 Å². The summed E-state index contributed by atoms with van der Waals surface area (Å²) in [6, 6.07) is 8.44. The molecule has 0 aliphatic carbocycles. The van der Waals surface area contributed by atoms with Crippen LogP contribution in [-0.2, 0) is 30.9 Å². The average molecular weight is 332 g/mol. The van der Waals surface area contributed by atoms with Gasteiger partial charge in [0, 0.05) is 0 Å². The Labute approximate surface area is 123 Å². The number of hydrogen-bond donors (Lipinski definition) is 1. The number of carbonyl (C=O) groups is 1. The molecule has 2 unspecified atom stereocenters. The summed E-state index contributed by atoms with van der Waals surface area (Å²) in [5.41, 5.74) is 0.592. The zero-order valence-electron chi connectivity index (χ0n) is 11.2. The van der Waals surface area contributed by atoms with Crippen molar-refractivity contribution < 1.29 is 26.7 Å².